The number of rotatable bonds is 2. The second kappa shape index (κ2) is 5.59. The van der Waals surface area contributed by atoms with Gasteiger partial charge in [-0.15, -0.1) is 0 Å². The normalized spacial score (nSPS) is 25.3. The minimum absolute atomic E-state index is 0.401. The van der Waals surface area contributed by atoms with Gasteiger partial charge in [0.2, 0.25) is 0 Å². The van der Waals surface area contributed by atoms with Crippen LogP contribution in [0.4, 0.5) is 0 Å². The molecule has 2 heterocycles. The molecule has 3 rings (SSSR count). The minimum Gasteiger partial charge on any atom is -0.310 e. The molecule has 0 radical (unpaired) electrons. The summed E-state index contributed by atoms with van der Waals surface area (Å²) >= 11 is 0. The highest BCUT2D eigenvalue weighted by Crippen LogP contribution is 2.34. The van der Waals surface area contributed by atoms with Crippen molar-refractivity contribution in [3.8, 4) is 0 Å². The van der Waals surface area contributed by atoms with E-state index < -0.39 is 0 Å². The largest absolute Gasteiger partial charge is 0.310 e. The molecule has 1 aromatic heterocycles. The van der Waals surface area contributed by atoms with Gasteiger partial charge in [-0.2, -0.15) is 0 Å². The molecule has 2 aliphatic rings. The molecule has 104 valence electrons. The lowest BCUT2D eigenvalue weighted by atomic mass is 9.96. The van der Waals surface area contributed by atoms with Crippen molar-refractivity contribution in [1.29, 1.82) is 0 Å². The fourth-order valence-corrected chi connectivity index (χ4v) is 3.73. The van der Waals surface area contributed by atoms with Gasteiger partial charge in [0, 0.05) is 37.1 Å². The summed E-state index contributed by atoms with van der Waals surface area (Å²) in [5, 5.41) is 3.84. The van der Waals surface area contributed by atoms with Gasteiger partial charge in [0.05, 0.1) is 0 Å². The Kier molecular flexibility index (Phi) is 3.85. The summed E-state index contributed by atoms with van der Waals surface area (Å²) in [5.74, 6) is 0. The van der Waals surface area contributed by atoms with Crippen LogP contribution in [0.1, 0.15) is 50.6 Å². The number of pyridine rings is 1. The monoisotopic (exact) mass is 259 g/mol. The lowest BCUT2D eigenvalue weighted by molar-refractivity contribution is 0.166. The maximum atomic E-state index is 4.13. The van der Waals surface area contributed by atoms with E-state index in [0.717, 1.165) is 0 Å². The molecule has 2 fully saturated rings. The average molecular weight is 259 g/mol. The van der Waals surface area contributed by atoms with Crippen molar-refractivity contribution in [1.82, 2.24) is 15.2 Å². The summed E-state index contributed by atoms with van der Waals surface area (Å²) in [5.41, 5.74) is 1.79. The second-order valence-corrected chi connectivity index (χ2v) is 6.19. The van der Waals surface area contributed by atoms with Crippen LogP contribution in [0.5, 0.6) is 0 Å². The summed E-state index contributed by atoms with van der Waals surface area (Å²) in [7, 11) is 0. The van der Waals surface area contributed by atoms with Crippen LogP contribution in [0.2, 0.25) is 0 Å². The first-order chi connectivity index (χ1) is 9.29. The van der Waals surface area contributed by atoms with Crippen LogP contribution in [-0.2, 0) is 0 Å². The third-order valence-corrected chi connectivity index (χ3v) is 4.92. The quantitative estimate of drug-likeness (QED) is 0.885. The Morgan fingerprint density at radius 2 is 1.95 bits per heavy atom. The summed E-state index contributed by atoms with van der Waals surface area (Å²) in [6, 6.07) is 4.81. The van der Waals surface area contributed by atoms with E-state index in [0.29, 0.717) is 11.6 Å². The molecule has 1 saturated heterocycles. The molecule has 1 saturated carbocycles. The van der Waals surface area contributed by atoms with Gasteiger partial charge in [0.15, 0.2) is 0 Å². The zero-order valence-corrected chi connectivity index (χ0v) is 11.9. The van der Waals surface area contributed by atoms with Crippen LogP contribution in [0, 0.1) is 0 Å². The Labute approximate surface area is 116 Å². The molecular formula is C16H25N3. The fraction of sp³-hybridized carbons (Fsp3) is 0.688. The van der Waals surface area contributed by atoms with E-state index in [2.05, 4.69) is 34.3 Å². The van der Waals surface area contributed by atoms with Gasteiger partial charge in [-0.25, -0.2) is 0 Å². The minimum atomic E-state index is 0.401. The van der Waals surface area contributed by atoms with Gasteiger partial charge in [-0.1, -0.05) is 12.8 Å². The molecule has 1 aliphatic heterocycles. The first-order valence-corrected chi connectivity index (χ1v) is 7.68. The molecular weight excluding hydrogens is 234 g/mol. The van der Waals surface area contributed by atoms with Gasteiger partial charge in [-0.3, -0.25) is 9.88 Å². The fourth-order valence-electron chi connectivity index (χ4n) is 3.73. The van der Waals surface area contributed by atoms with Gasteiger partial charge >= 0.3 is 0 Å². The maximum absolute atomic E-state index is 4.13. The third kappa shape index (κ3) is 2.82. The van der Waals surface area contributed by atoms with Crippen molar-refractivity contribution in [2.75, 3.05) is 19.6 Å². The Morgan fingerprint density at radius 3 is 2.68 bits per heavy atom. The topological polar surface area (TPSA) is 28.2 Å². The first-order valence-electron chi connectivity index (χ1n) is 7.68. The molecule has 3 heteroatoms. The number of nitrogens with one attached hydrogen (secondary N) is 1. The Balaban J connectivity index is 1.75. The summed E-state index contributed by atoms with van der Waals surface area (Å²) in [6.07, 6.45) is 10.6. The third-order valence-electron chi connectivity index (χ3n) is 4.92. The maximum Gasteiger partial charge on any atom is 0.0321 e. The van der Waals surface area contributed by atoms with E-state index in [9.17, 15) is 0 Å². The van der Waals surface area contributed by atoms with Crippen molar-refractivity contribution in [2.24, 2.45) is 0 Å². The van der Waals surface area contributed by atoms with Crippen molar-refractivity contribution in [3.05, 3.63) is 30.1 Å². The van der Waals surface area contributed by atoms with Gasteiger partial charge < -0.3 is 5.32 Å². The van der Waals surface area contributed by atoms with Crippen LogP contribution in [0.15, 0.2) is 24.5 Å². The highest BCUT2D eigenvalue weighted by atomic mass is 15.2. The molecule has 1 spiro atoms. The molecule has 1 aliphatic carbocycles. The lowest BCUT2D eigenvalue weighted by Gasteiger charge is -2.36. The van der Waals surface area contributed by atoms with E-state index in [1.165, 1.54) is 57.3 Å². The van der Waals surface area contributed by atoms with Crippen molar-refractivity contribution < 1.29 is 0 Å². The van der Waals surface area contributed by atoms with Gasteiger partial charge in [0.1, 0.15) is 0 Å². The van der Waals surface area contributed by atoms with Crippen molar-refractivity contribution >= 4 is 0 Å². The van der Waals surface area contributed by atoms with E-state index in [-0.39, 0.29) is 0 Å². The molecule has 1 unspecified atom stereocenters. The second-order valence-electron chi connectivity index (χ2n) is 6.19. The predicted molar refractivity (Wildman–Crippen MR) is 78.0 cm³/mol. The number of hydrogen-bond donors (Lipinski definition) is 1. The molecule has 0 aromatic carbocycles. The lowest BCUT2D eigenvalue weighted by Crippen LogP contribution is -2.49. The molecule has 1 aromatic rings. The van der Waals surface area contributed by atoms with Gasteiger partial charge in [0.25, 0.3) is 0 Å². The van der Waals surface area contributed by atoms with Crippen LogP contribution < -0.4 is 5.32 Å². The van der Waals surface area contributed by atoms with Crippen LogP contribution in [-0.4, -0.2) is 35.1 Å². The summed E-state index contributed by atoms with van der Waals surface area (Å²) < 4.78 is 0. The van der Waals surface area contributed by atoms with E-state index in [1.807, 2.05) is 12.4 Å². The molecule has 1 atom stereocenters. The average Bonchev–Trinajstić information content (AvgIpc) is 2.80. The summed E-state index contributed by atoms with van der Waals surface area (Å²) in [4.78, 5) is 6.80. The zero-order chi connectivity index (χ0) is 13.1. The Bertz CT molecular complexity index is 398. The SMILES string of the molecule is CC(c1ccncc1)N1CCCNC2(CCCC2)C1. The highest BCUT2D eigenvalue weighted by Gasteiger charge is 2.37. The molecule has 3 nitrogen and oxygen atoms in total. The van der Waals surface area contributed by atoms with E-state index in [1.54, 1.807) is 0 Å². The molecule has 19 heavy (non-hydrogen) atoms. The molecule has 1 N–H and O–H groups in total. The standard InChI is InChI=1S/C16H25N3/c1-14(15-5-10-17-11-6-15)19-12-4-9-18-16(13-19)7-2-3-8-16/h5-6,10-11,14,18H,2-4,7-9,12-13H2,1H3. The highest BCUT2D eigenvalue weighted by molar-refractivity contribution is 5.15. The van der Waals surface area contributed by atoms with Gasteiger partial charge in [-0.05, 0) is 50.4 Å². The van der Waals surface area contributed by atoms with Crippen LogP contribution in [0.3, 0.4) is 0 Å². The number of hydrogen-bond acceptors (Lipinski definition) is 3. The van der Waals surface area contributed by atoms with Crippen LogP contribution in [0.25, 0.3) is 0 Å². The number of aromatic nitrogens is 1. The Hall–Kier alpha value is -0.930. The van der Waals surface area contributed by atoms with Crippen molar-refractivity contribution in [3.63, 3.8) is 0 Å². The smallest absolute Gasteiger partial charge is 0.0321 e. The summed E-state index contributed by atoms with van der Waals surface area (Å²) in [6.45, 7) is 5.93. The molecule has 0 amide bonds. The van der Waals surface area contributed by atoms with E-state index >= 15 is 0 Å². The number of nitrogens with zero attached hydrogens (tertiary/aromatic N) is 2. The first kappa shape index (κ1) is 13.1. The molecule has 0 bridgehead atoms. The zero-order valence-electron chi connectivity index (χ0n) is 11.9. The predicted octanol–water partition coefficient (Wildman–Crippen LogP) is 2.75. The van der Waals surface area contributed by atoms with E-state index in [4.69, 9.17) is 0 Å². The Morgan fingerprint density at radius 1 is 1.21 bits per heavy atom. The van der Waals surface area contributed by atoms with Crippen molar-refractivity contribution in [2.45, 2.75) is 50.6 Å². The van der Waals surface area contributed by atoms with Crippen LogP contribution >= 0.6 is 0 Å².